The third-order valence-corrected chi connectivity index (χ3v) is 2.57. The Kier molecular flexibility index (Phi) is 6.08. The zero-order valence-electron chi connectivity index (χ0n) is 10.4. The summed E-state index contributed by atoms with van der Waals surface area (Å²) in [4.78, 5) is 11.5. The monoisotopic (exact) mass is 251 g/mol. The molecule has 1 unspecified atom stereocenters. The number of amides is 1. The predicted molar refractivity (Wildman–Crippen MR) is 69.3 cm³/mol. The molecule has 0 radical (unpaired) electrons. The first-order valence-electron chi connectivity index (χ1n) is 5.94. The first-order chi connectivity index (χ1) is 8.63. The van der Waals surface area contributed by atoms with Gasteiger partial charge in [-0.15, -0.1) is 0 Å². The minimum atomic E-state index is -0.352. The standard InChI is InChI=1S/C14H18FNO2/c1-11(8-9-17)10-16-14(18)7-6-12-4-2-3-5-13(12)15/h2-7,11,17H,8-10H2,1H3,(H,16,18). The van der Waals surface area contributed by atoms with Crippen LogP contribution in [0, 0.1) is 11.7 Å². The van der Waals surface area contributed by atoms with Crippen LogP contribution in [0.25, 0.3) is 6.08 Å². The zero-order chi connectivity index (χ0) is 13.4. The number of hydrogen-bond donors (Lipinski definition) is 2. The van der Waals surface area contributed by atoms with Gasteiger partial charge in [-0.05, 0) is 24.5 Å². The molecule has 18 heavy (non-hydrogen) atoms. The molecule has 1 aromatic rings. The lowest BCUT2D eigenvalue weighted by Crippen LogP contribution is -2.26. The largest absolute Gasteiger partial charge is 0.396 e. The van der Waals surface area contributed by atoms with Gasteiger partial charge in [0.25, 0.3) is 0 Å². The van der Waals surface area contributed by atoms with Crippen LogP contribution in [0.2, 0.25) is 0 Å². The highest BCUT2D eigenvalue weighted by Gasteiger charge is 2.03. The average Bonchev–Trinajstić information content (AvgIpc) is 2.36. The van der Waals surface area contributed by atoms with Gasteiger partial charge in [0.15, 0.2) is 0 Å². The summed E-state index contributed by atoms with van der Waals surface area (Å²) in [6, 6.07) is 6.27. The first-order valence-corrected chi connectivity index (χ1v) is 5.94. The molecule has 0 saturated heterocycles. The van der Waals surface area contributed by atoms with Gasteiger partial charge >= 0.3 is 0 Å². The van der Waals surface area contributed by atoms with Gasteiger partial charge in [0.2, 0.25) is 5.91 Å². The summed E-state index contributed by atoms with van der Waals surface area (Å²) in [5.74, 6) is -0.390. The van der Waals surface area contributed by atoms with Crippen molar-refractivity contribution < 1.29 is 14.3 Å². The van der Waals surface area contributed by atoms with E-state index in [2.05, 4.69) is 5.32 Å². The maximum Gasteiger partial charge on any atom is 0.244 e. The van der Waals surface area contributed by atoms with Crippen LogP contribution in [-0.2, 0) is 4.79 Å². The second-order valence-electron chi connectivity index (χ2n) is 4.22. The molecule has 0 fully saturated rings. The number of aliphatic hydroxyl groups excluding tert-OH is 1. The summed E-state index contributed by atoms with van der Waals surface area (Å²) >= 11 is 0. The van der Waals surface area contributed by atoms with Crippen LogP contribution < -0.4 is 5.32 Å². The maximum atomic E-state index is 13.2. The van der Waals surface area contributed by atoms with Gasteiger partial charge in [-0.25, -0.2) is 4.39 Å². The molecule has 0 saturated carbocycles. The minimum absolute atomic E-state index is 0.113. The average molecular weight is 251 g/mol. The fraction of sp³-hybridized carbons (Fsp3) is 0.357. The lowest BCUT2D eigenvalue weighted by Gasteiger charge is -2.09. The molecule has 4 heteroatoms. The van der Waals surface area contributed by atoms with E-state index in [-0.39, 0.29) is 24.2 Å². The number of halogens is 1. The van der Waals surface area contributed by atoms with Gasteiger partial charge in [-0.2, -0.15) is 0 Å². The van der Waals surface area contributed by atoms with Crippen molar-refractivity contribution in [2.75, 3.05) is 13.2 Å². The highest BCUT2D eigenvalue weighted by molar-refractivity contribution is 5.91. The summed E-state index contributed by atoms with van der Waals surface area (Å²) in [7, 11) is 0. The van der Waals surface area contributed by atoms with E-state index in [0.29, 0.717) is 18.5 Å². The predicted octanol–water partition coefficient (Wildman–Crippen LogP) is 1.97. The molecule has 1 rings (SSSR count). The Morgan fingerprint density at radius 1 is 1.50 bits per heavy atom. The van der Waals surface area contributed by atoms with Gasteiger partial charge in [-0.3, -0.25) is 4.79 Å². The molecule has 2 N–H and O–H groups in total. The molecule has 3 nitrogen and oxygen atoms in total. The van der Waals surface area contributed by atoms with Crippen LogP contribution in [0.5, 0.6) is 0 Å². The van der Waals surface area contributed by atoms with Crippen molar-refractivity contribution >= 4 is 12.0 Å². The molecular weight excluding hydrogens is 233 g/mol. The lowest BCUT2D eigenvalue weighted by molar-refractivity contribution is -0.116. The van der Waals surface area contributed by atoms with Crippen LogP contribution in [0.3, 0.4) is 0 Å². The van der Waals surface area contributed by atoms with Crippen molar-refractivity contribution in [3.8, 4) is 0 Å². The van der Waals surface area contributed by atoms with Crippen LogP contribution in [-0.4, -0.2) is 24.2 Å². The van der Waals surface area contributed by atoms with Crippen LogP contribution in [0.4, 0.5) is 4.39 Å². The van der Waals surface area contributed by atoms with E-state index < -0.39 is 0 Å². The Balaban J connectivity index is 2.43. The normalized spacial score (nSPS) is 12.6. The molecule has 0 aliphatic rings. The van der Waals surface area contributed by atoms with Crippen molar-refractivity contribution in [2.45, 2.75) is 13.3 Å². The Bertz CT molecular complexity index is 418. The maximum absolute atomic E-state index is 13.2. The van der Waals surface area contributed by atoms with Crippen LogP contribution >= 0.6 is 0 Å². The first kappa shape index (κ1) is 14.4. The zero-order valence-corrected chi connectivity index (χ0v) is 10.4. The van der Waals surface area contributed by atoms with Gasteiger partial charge in [-0.1, -0.05) is 25.1 Å². The van der Waals surface area contributed by atoms with E-state index in [1.807, 2.05) is 6.92 Å². The molecule has 0 spiro atoms. The molecule has 0 aromatic heterocycles. The van der Waals surface area contributed by atoms with E-state index in [0.717, 1.165) is 0 Å². The number of hydrogen-bond acceptors (Lipinski definition) is 2. The Morgan fingerprint density at radius 3 is 2.89 bits per heavy atom. The number of rotatable bonds is 6. The molecular formula is C14H18FNO2. The van der Waals surface area contributed by atoms with E-state index >= 15 is 0 Å². The minimum Gasteiger partial charge on any atom is -0.396 e. The fourth-order valence-electron chi connectivity index (χ4n) is 1.43. The quantitative estimate of drug-likeness (QED) is 0.759. The molecule has 0 aliphatic carbocycles. The molecule has 0 bridgehead atoms. The van der Waals surface area contributed by atoms with Crippen LogP contribution in [0.15, 0.2) is 30.3 Å². The summed E-state index contributed by atoms with van der Waals surface area (Å²) in [5.41, 5.74) is 0.385. The van der Waals surface area contributed by atoms with Gasteiger partial charge in [0, 0.05) is 24.8 Å². The summed E-state index contributed by atoms with van der Waals surface area (Å²) in [6.45, 7) is 2.56. The fourth-order valence-corrected chi connectivity index (χ4v) is 1.43. The second kappa shape index (κ2) is 7.61. The van der Waals surface area contributed by atoms with Crippen LogP contribution in [0.1, 0.15) is 18.9 Å². The topological polar surface area (TPSA) is 49.3 Å². The van der Waals surface area contributed by atoms with E-state index in [1.165, 1.54) is 18.2 Å². The van der Waals surface area contributed by atoms with Crippen molar-refractivity contribution in [3.63, 3.8) is 0 Å². The van der Waals surface area contributed by atoms with E-state index in [1.54, 1.807) is 18.2 Å². The molecule has 1 amide bonds. The Morgan fingerprint density at radius 2 is 2.22 bits per heavy atom. The second-order valence-corrected chi connectivity index (χ2v) is 4.22. The van der Waals surface area contributed by atoms with Crippen molar-refractivity contribution in [2.24, 2.45) is 5.92 Å². The number of aliphatic hydroxyl groups is 1. The molecule has 0 aliphatic heterocycles. The third-order valence-electron chi connectivity index (χ3n) is 2.57. The number of carbonyl (C=O) groups is 1. The number of nitrogens with one attached hydrogen (secondary N) is 1. The molecule has 98 valence electrons. The Labute approximate surface area is 106 Å². The summed E-state index contributed by atoms with van der Waals surface area (Å²) < 4.78 is 13.2. The lowest BCUT2D eigenvalue weighted by atomic mass is 10.1. The summed E-state index contributed by atoms with van der Waals surface area (Å²) in [5, 5.41) is 11.4. The Hall–Kier alpha value is -1.68. The van der Waals surface area contributed by atoms with Gasteiger partial charge in [0.05, 0.1) is 0 Å². The van der Waals surface area contributed by atoms with E-state index in [4.69, 9.17) is 5.11 Å². The van der Waals surface area contributed by atoms with E-state index in [9.17, 15) is 9.18 Å². The van der Waals surface area contributed by atoms with Crippen molar-refractivity contribution in [3.05, 3.63) is 41.7 Å². The van der Waals surface area contributed by atoms with Gasteiger partial charge in [0.1, 0.15) is 5.82 Å². The molecule has 1 aromatic carbocycles. The number of benzene rings is 1. The van der Waals surface area contributed by atoms with Crippen molar-refractivity contribution in [1.29, 1.82) is 0 Å². The number of carbonyl (C=O) groups excluding carboxylic acids is 1. The molecule has 1 atom stereocenters. The third kappa shape index (κ3) is 5.10. The highest BCUT2D eigenvalue weighted by Crippen LogP contribution is 2.07. The smallest absolute Gasteiger partial charge is 0.244 e. The summed E-state index contributed by atoms with van der Waals surface area (Å²) in [6.07, 6.45) is 3.41. The van der Waals surface area contributed by atoms with Crippen molar-refractivity contribution in [1.82, 2.24) is 5.32 Å². The molecule has 0 heterocycles. The highest BCUT2D eigenvalue weighted by atomic mass is 19.1. The van der Waals surface area contributed by atoms with Gasteiger partial charge < -0.3 is 10.4 Å². The SMILES string of the molecule is CC(CCO)CNC(=O)C=Cc1ccccc1F.